The molecule has 8 heteroatoms. The summed E-state index contributed by atoms with van der Waals surface area (Å²) < 4.78 is 42.3. The number of aryl methyl sites for hydroxylation is 1. The van der Waals surface area contributed by atoms with Gasteiger partial charge in [0.25, 0.3) is 0 Å². The van der Waals surface area contributed by atoms with E-state index in [1.165, 1.54) is 31.7 Å². The van der Waals surface area contributed by atoms with E-state index in [4.69, 9.17) is 4.74 Å². The van der Waals surface area contributed by atoms with Crippen LogP contribution in [0.25, 0.3) is 0 Å². The van der Waals surface area contributed by atoms with Crippen molar-refractivity contribution in [2.75, 3.05) is 25.0 Å². The molecule has 156 valence electrons. The van der Waals surface area contributed by atoms with Crippen LogP contribution in [0.5, 0.6) is 5.75 Å². The molecule has 2 amide bonds. The minimum absolute atomic E-state index is 0.0172. The highest BCUT2D eigenvalue weighted by atomic mass is 19.4. The molecule has 2 aliphatic rings. The number of likely N-dealkylation sites (tertiary alicyclic amines) is 1. The molecule has 1 aromatic carbocycles. The molecule has 5 nitrogen and oxygen atoms in total. The molecule has 0 bridgehead atoms. The quantitative estimate of drug-likeness (QED) is 0.768. The van der Waals surface area contributed by atoms with Crippen LogP contribution in [-0.4, -0.2) is 48.9 Å². The van der Waals surface area contributed by atoms with Gasteiger partial charge in [0.2, 0.25) is 0 Å². The van der Waals surface area contributed by atoms with Gasteiger partial charge >= 0.3 is 12.2 Å². The number of ether oxygens (including phenoxy) is 1. The number of alkyl halides is 3. The molecular formula is C20H28F3N3O2. The van der Waals surface area contributed by atoms with Gasteiger partial charge in [-0.15, -0.1) is 0 Å². The number of hydrogen-bond donors (Lipinski definition) is 2. The SMILES string of the molecule is Cc1ccc(NC(=O)NC2CCN(C3CCCC3)CC2)c(OCC(F)(F)F)c1. The van der Waals surface area contributed by atoms with Crippen molar-refractivity contribution in [2.24, 2.45) is 0 Å². The summed E-state index contributed by atoms with van der Waals surface area (Å²) in [6.45, 7) is 2.30. The molecule has 1 aromatic rings. The lowest BCUT2D eigenvalue weighted by molar-refractivity contribution is -0.153. The van der Waals surface area contributed by atoms with Gasteiger partial charge in [-0.05, 0) is 50.3 Å². The number of benzene rings is 1. The first kappa shape index (κ1) is 20.8. The number of carbonyl (C=O) groups is 1. The van der Waals surface area contributed by atoms with E-state index >= 15 is 0 Å². The standard InChI is InChI=1S/C20H28F3N3O2/c1-14-6-7-17(18(12-14)28-13-20(21,22)23)25-19(27)24-15-8-10-26(11-9-15)16-4-2-3-5-16/h6-7,12,15-16H,2-5,8-11,13H2,1H3,(H2,24,25,27). The first-order valence-corrected chi connectivity index (χ1v) is 9.92. The summed E-state index contributed by atoms with van der Waals surface area (Å²) in [4.78, 5) is 14.9. The summed E-state index contributed by atoms with van der Waals surface area (Å²) in [6.07, 6.45) is 2.49. The van der Waals surface area contributed by atoms with Gasteiger partial charge in [-0.1, -0.05) is 18.9 Å². The van der Waals surface area contributed by atoms with Crippen LogP contribution in [0.4, 0.5) is 23.7 Å². The maximum atomic E-state index is 12.5. The predicted molar refractivity (Wildman–Crippen MR) is 102 cm³/mol. The Morgan fingerprint density at radius 2 is 1.86 bits per heavy atom. The lowest BCUT2D eigenvalue weighted by atomic mass is 10.0. The van der Waals surface area contributed by atoms with Crippen LogP contribution in [0.2, 0.25) is 0 Å². The largest absolute Gasteiger partial charge is 0.482 e. The zero-order valence-corrected chi connectivity index (χ0v) is 16.1. The molecule has 0 spiro atoms. The van der Waals surface area contributed by atoms with E-state index in [1.807, 2.05) is 0 Å². The Bertz CT molecular complexity index is 667. The number of amides is 2. The zero-order chi connectivity index (χ0) is 20.1. The van der Waals surface area contributed by atoms with Crippen molar-refractivity contribution in [1.82, 2.24) is 10.2 Å². The number of nitrogens with one attached hydrogen (secondary N) is 2. The minimum atomic E-state index is -4.43. The van der Waals surface area contributed by atoms with E-state index in [2.05, 4.69) is 15.5 Å². The summed E-state index contributed by atoms with van der Waals surface area (Å²) in [6, 6.07) is 5.11. The average molecular weight is 399 g/mol. The molecule has 0 radical (unpaired) electrons. The molecule has 0 aromatic heterocycles. The third-order valence-corrected chi connectivity index (χ3v) is 5.48. The molecule has 1 aliphatic carbocycles. The number of anilines is 1. The van der Waals surface area contributed by atoms with Gasteiger partial charge in [0.05, 0.1) is 5.69 Å². The number of carbonyl (C=O) groups excluding carboxylic acids is 1. The highest BCUT2D eigenvalue weighted by Crippen LogP contribution is 2.28. The molecule has 1 aliphatic heterocycles. The van der Waals surface area contributed by atoms with Gasteiger partial charge in [-0.3, -0.25) is 0 Å². The number of hydrogen-bond acceptors (Lipinski definition) is 3. The van der Waals surface area contributed by atoms with E-state index in [-0.39, 0.29) is 17.5 Å². The fourth-order valence-electron chi connectivity index (χ4n) is 4.03. The van der Waals surface area contributed by atoms with Crippen molar-refractivity contribution in [1.29, 1.82) is 0 Å². The van der Waals surface area contributed by atoms with E-state index < -0.39 is 18.8 Å². The Hall–Kier alpha value is -1.96. The van der Waals surface area contributed by atoms with Crippen molar-refractivity contribution in [3.8, 4) is 5.75 Å². The van der Waals surface area contributed by atoms with Crippen LogP contribution in [0.1, 0.15) is 44.1 Å². The molecule has 0 atom stereocenters. The van der Waals surface area contributed by atoms with Crippen molar-refractivity contribution in [3.63, 3.8) is 0 Å². The normalized spacial score (nSPS) is 19.6. The average Bonchev–Trinajstić information content (AvgIpc) is 3.16. The zero-order valence-electron chi connectivity index (χ0n) is 16.1. The number of piperidine rings is 1. The molecule has 2 N–H and O–H groups in total. The lowest BCUT2D eigenvalue weighted by Gasteiger charge is -2.36. The van der Waals surface area contributed by atoms with Gasteiger partial charge in [0, 0.05) is 25.2 Å². The second-order valence-electron chi connectivity index (χ2n) is 7.75. The van der Waals surface area contributed by atoms with Gasteiger partial charge < -0.3 is 20.3 Å². The van der Waals surface area contributed by atoms with Crippen LogP contribution in [0, 0.1) is 6.92 Å². The van der Waals surface area contributed by atoms with E-state index in [9.17, 15) is 18.0 Å². The maximum Gasteiger partial charge on any atom is 0.422 e. The topological polar surface area (TPSA) is 53.6 Å². The van der Waals surface area contributed by atoms with Crippen LogP contribution in [0.3, 0.4) is 0 Å². The maximum absolute atomic E-state index is 12.5. The van der Waals surface area contributed by atoms with Crippen LogP contribution in [-0.2, 0) is 0 Å². The van der Waals surface area contributed by atoms with Crippen molar-refractivity contribution in [2.45, 2.75) is 63.7 Å². The van der Waals surface area contributed by atoms with Gasteiger partial charge in [-0.2, -0.15) is 13.2 Å². The second kappa shape index (κ2) is 9.03. The highest BCUT2D eigenvalue weighted by molar-refractivity contribution is 5.91. The Labute approximate surface area is 163 Å². The Kier molecular flexibility index (Phi) is 6.69. The summed E-state index contributed by atoms with van der Waals surface area (Å²) in [5.74, 6) is 0.0172. The van der Waals surface area contributed by atoms with Crippen molar-refractivity contribution < 1.29 is 22.7 Å². The molecule has 28 heavy (non-hydrogen) atoms. The van der Waals surface area contributed by atoms with Crippen molar-refractivity contribution in [3.05, 3.63) is 23.8 Å². The number of nitrogens with zero attached hydrogens (tertiary/aromatic N) is 1. The summed E-state index contributed by atoms with van der Waals surface area (Å²) in [7, 11) is 0. The summed E-state index contributed by atoms with van der Waals surface area (Å²) >= 11 is 0. The molecule has 1 saturated carbocycles. The van der Waals surface area contributed by atoms with Gasteiger partial charge in [0.15, 0.2) is 6.61 Å². The molecule has 2 fully saturated rings. The predicted octanol–water partition coefficient (Wildman–Crippen LogP) is 4.46. The Morgan fingerprint density at radius 1 is 1.18 bits per heavy atom. The third kappa shape index (κ3) is 6.02. The van der Waals surface area contributed by atoms with E-state index in [0.29, 0.717) is 6.04 Å². The molecule has 3 rings (SSSR count). The van der Waals surface area contributed by atoms with Crippen LogP contribution in [0.15, 0.2) is 18.2 Å². The molecular weight excluding hydrogens is 371 g/mol. The first-order chi connectivity index (χ1) is 13.3. The number of rotatable bonds is 5. The van der Waals surface area contributed by atoms with E-state index in [0.717, 1.165) is 31.5 Å². The molecule has 1 heterocycles. The van der Waals surface area contributed by atoms with Gasteiger partial charge in [0.1, 0.15) is 5.75 Å². The monoisotopic (exact) mass is 399 g/mol. The van der Waals surface area contributed by atoms with Crippen LogP contribution >= 0.6 is 0 Å². The number of urea groups is 1. The van der Waals surface area contributed by atoms with Crippen LogP contribution < -0.4 is 15.4 Å². The third-order valence-electron chi connectivity index (χ3n) is 5.48. The molecule has 0 unspecified atom stereocenters. The van der Waals surface area contributed by atoms with E-state index in [1.54, 1.807) is 19.1 Å². The lowest BCUT2D eigenvalue weighted by Crippen LogP contribution is -2.48. The van der Waals surface area contributed by atoms with Gasteiger partial charge in [-0.25, -0.2) is 4.79 Å². The molecule has 1 saturated heterocycles. The smallest absolute Gasteiger partial charge is 0.422 e. The van der Waals surface area contributed by atoms with Crippen molar-refractivity contribution >= 4 is 11.7 Å². The second-order valence-corrected chi connectivity index (χ2v) is 7.75. The minimum Gasteiger partial charge on any atom is -0.482 e. The Morgan fingerprint density at radius 3 is 2.50 bits per heavy atom. The summed E-state index contributed by atoms with van der Waals surface area (Å²) in [5.41, 5.74) is 0.984. The Balaban J connectivity index is 1.50. The first-order valence-electron chi connectivity index (χ1n) is 9.92. The highest BCUT2D eigenvalue weighted by Gasteiger charge is 2.30. The number of halogens is 3. The fraction of sp³-hybridized carbons (Fsp3) is 0.650. The summed E-state index contributed by atoms with van der Waals surface area (Å²) in [5, 5.41) is 5.57. The fourth-order valence-corrected chi connectivity index (χ4v) is 4.03.